The molecule has 2 unspecified atom stereocenters. The first-order valence-corrected chi connectivity index (χ1v) is 7.26. The van der Waals surface area contributed by atoms with Crippen LogP contribution in [0.1, 0.15) is 65.2 Å². The zero-order valence-electron chi connectivity index (χ0n) is 11.7. The third-order valence-corrected chi connectivity index (χ3v) is 3.19. The van der Waals surface area contributed by atoms with Gasteiger partial charge in [0.15, 0.2) is 6.23 Å². The molecule has 4 nitrogen and oxygen atoms in total. The summed E-state index contributed by atoms with van der Waals surface area (Å²) < 4.78 is 10.3. The Bertz CT molecular complexity index is 227. The Morgan fingerprint density at radius 2 is 2.11 bits per heavy atom. The number of unbranched alkanes of at least 4 members (excludes halogenated alkanes) is 4. The van der Waals surface area contributed by atoms with E-state index >= 15 is 0 Å². The predicted molar refractivity (Wildman–Crippen MR) is 70.4 cm³/mol. The second-order valence-corrected chi connectivity index (χ2v) is 5.00. The van der Waals surface area contributed by atoms with Gasteiger partial charge in [-0.25, -0.2) is 10.1 Å². The maximum Gasteiger partial charge on any atom is 0.510 e. The Labute approximate surface area is 110 Å². The van der Waals surface area contributed by atoms with Crippen molar-refractivity contribution in [1.82, 2.24) is 5.32 Å². The van der Waals surface area contributed by atoms with Crippen molar-refractivity contribution in [3.63, 3.8) is 0 Å². The first kappa shape index (κ1) is 15.3. The molecule has 0 saturated carbocycles. The van der Waals surface area contributed by atoms with Crippen LogP contribution in [-0.4, -0.2) is 25.0 Å². The molecule has 18 heavy (non-hydrogen) atoms. The SMILES string of the molecule is CCCCCCCC(C)OC(=O)OC1CCC[N]1. The van der Waals surface area contributed by atoms with E-state index in [0.29, 0.717) is 0 Å². The molecular weight excluding hydrogens is 230 g/mol. The first-order chi connectivity index (χ1) is 8.72. The number of hydrogen-bond acceptors (Lipinski definition) is 3. The Kier molecular flexibility index (Phi) is 7.81. The van der Waals surface area contributed by atoms with Gasteiger partial charge in [0, 0.05) is 13.0 Å². The van der Waals surface area contributed by atoms with Gasteiger partial charge in [0.05, 0.1) is 0 Å². The molecule has 1 aliphatic heterocycles. The Balaban J connectivity index is 2.00. The van der Waals surface area contributed by atoms with E-state index in [9.17, 15) is 4.79 Å². The van der Waals surface area contributed by atoms with Gasteiger partial charge in [-0.3, -0.25) is 0 Å². The molecule has 1 aliphatic rings. The largest absolute Gasteiger partial charge is 0.510 e. The Morgan fingerprint density at radius 3 is 2.78 bits per heavy atom. The van der Waals surface area contributed by atoms with Crippen LogP contribution >= 0.6 is 0 Å². The smallest absolute Gasteiger partial charge is 0.431 e. The Morgan fingerprint density at radius 1 is 1.33 bits per heavy atom. The van der Waals surface area contributed by atoms with E-state index < -0.39 is 6.16 Å². The normalized spacial score (nSPS) is 20.7. The van der Waals surface area contributed by atoms with Gasteiger partial charge in [-0.1, -0.05) is 32.6 Å². The summed E-state index contributed by atoms with van der Waals surface area (Å²) in [5, 5.41) is 4.16. The fraction of sp³-hybridized carbons (Fsp3) is 0.929. The van der Waals surface area contributed by atoms with E-state index in [0.717, 1.165) is 32.2 Å². The summed E-state index contributed by atoms with van der Waals surface area (Å²) in [6, 6.07) is 0. The molecule has 0 aromatic rings. The molecule has 0 aromatic heterocycles. The molecule has 0 spiro atoms. The van der Waals surface area contributed by atoms with E-state index in [-0.39, 0.29) is 12.3 Å². The van der Waals surface area contributed by atoms with Crippen LogP contribution in [0, 0.1) is 0 Å². The summed E-state index contributed by atoms with van der Waals surface area (Å²) in [5.41, 5.74) is 0. The number of carbonyl (C=O) groups excluding carboxylic acids is 1. The van der Waals surface area contributed by atoms with Crippen molar-refractivity contribution in [2.24, 2.45) is 0 Å². The zero-order valence-corrected chi connectivity index (χ0v) is 11.7. The molecule has 1 radical (unpaired) electrons. The molecule has 4 heteroatoms. The van der Waals surface area contributed by atoms with Gasteiger partial charge < -0.3 is 9.47 Å². The standard InChI is InChI=1S/C14H26NO3/c1-3-4-5-6-7-9-12(2)17-14(16)18-13-10-8-11-15-13/h12-13H,3-11H2,1-2H3. The Hall–Kier alpha value is -0.770. The van der Waals surface area contributed by atoms with Crippen LogP contribution < -0.4 is 5.32 Å². The summed E-state index contributed by atoms with van der Waals surface area (Å²) in [4.78, 5) is 11.4. The maximum atomic E-state index is 11.4. The fourth-order valence-corrected chi connectivity index (χ4v) is 2.09. The minimum Gasteiger partial charge on any atom is -0.431 e. The highest BCUT2D eigenvalue weighted by Gasteiger charge is 2.21. The lowest BCUT2D eigenvalue weighted by Crippen LogP contribution is -2.25. The van der Waals surface area contributed by atoms with E-state index in [1.54, 1.807) is 0 Å². The monoisotopic (exact) mass is 256 g/mol. The number of hydrogen-bond donors (Lipinski definition) is 0. The highest BCUT2D eigenvalue weighted by Crippen LogP contribution is 2.12. The van der Waals surface area contributed by atoms with Crippen LogP contribution in [0.25, 0.3) is 0 Å². The average molecular weight is 256 g/mol. The van der Waals surface area contributed by atoms with Crippen molar-refractivity contribution < 1.29 is 14.3 Å². The fourth-order valence-electron chi connectivity index (χ4n) is 2.09. The summed E-state index contributed by atoms with van der Waals surface area (Å²) in [5.74, 6) is 0. The molecule has 1 fully saturated rings. The van der Waals surface area contributed by atoms with Crippen molar-refractivity contribution in [3.05, 3.63) is 0 Å². The molecule has 0 amide bonds. The minimum absolute atomic E-state index is 0.0551. The zero-order chi connectivity index (χ0) is 13.2. The number of rotatable bonds is 8. The van der Waals surface area contributed by atoms with Gasteiger partial charge >= 0.3 is 6.16 Å². The maximum absolute atomic E-state index is 11.4. The van der Waals surface area contributed by atoms with E-state index in [4.69, 9.17) is 9.47 Å². The topological polar surface area (TPSA) is 49.6 Å². The van der Waals surface area contributed by atoms with Crippen molar-refractivity contribution in [3.8, 4) is 0 Å². The summed E-state index contributed by atoms with van der Waals surface area (Å²) in [6.07, 6.45) is 8.02. The van der Waals surface area contributed by atoms with Crippen molar-refractivity contribution in [2.75, 3.05) is 6.54 Å². The lowest BCUT2D eigenvalue weighted by Gasteiger charge is -2.15. The molecule has 1 heterocycles. The van der Waals surface area contributed by atoms with E-state index in [2.05, 4.69) is 12.2 Å². The summed E-state index contributed by atoms with van der Waals surface area (Å²) >= 11 is 0. The molecule has 0 bridgehead atoms. The van der Waals surface area contributed by atoms with Crippen molar-refractivity contribution >= 4 is 6.16 Å². The van der Waals surface area contributed by atoms with Crippen LogP contribution in [-0.2, 0) is 9.47 Å². The highest BCUT2D eigenvalue weighted by atomic mass is 16.7. The number of carbonyl (C=O) groups is 1. The van der Waals surface area contributed by atoms with Crippen molar-refractivity contribution in [2.45, 2.75) is 77.5 Å². The minimum atomic E-state index is -0.563. The molecule has 2 atom stereocenters. The summed E-state index contributed by atoms with van der Waals surface area (Å²) in [7, 11) is 0. The van der Waals surface area contributed by atoms with Gasteiger partial charge in [-0.2, -0.15) is 0 Å². The summed E-state index contributed by atoms with van der Waals surface area (Å²) in [6.45, 7) is 4.92. The van der Waals surface area contributed by atoms with Crippen LogP contribution in [0.15, 0.2) is 0 Å². The van der Waals surface area contributed by atoms with Gasteiger partial charge in [-0.15, -0.1) is 0 Å². The van der Waals surface area contributed by atoms with E-state index in [1.165, 1.54) is 25.7 Å². The lowest BCUT2D eigenvalue weighted by atomic mass is 10.1. The average Bonchev–Trinajstić information content (AvgIpc) is 2.81. The molecule has 0 aliphatic carbocycles. The number of ether oxygens (including phenoxy) is 2. The highest BCUT2D eigenvalue weighted by molar-refractivity contribution is 5.60. The molecule has 0 N–H and O–H groups in total. The van der Waals surface area contributed by atoms with Gasteiger partial charge in [0.2, 0.25) is 0 Å². The molecule has 105 valence electrons. The predicted octanol–water partition coefficient (Wildman–Crippen LogP) is 3.61. The molecule has 0 aromatic carbocycles. The lowest BCUT2D eigenvalue weighted by molar-refractivity contribution is -0.00420. The molecule has 1 saturated heterocycles. The van der Waals surface area contributed by atoms with Gasteiger partial charge in [-0.05, 0) is 26.2 Å². The third-order valence-electron chi connectivity index (χ3n) is 3.19. The van der Waals surface area contributed by atoms with Gasteiger partial charge in [0.25, 0.3) is 0 Å². The van der Waals surface area contributed by atoms with Crippen LogP contribution in [0.5, 0.6) is 0 Å². The van der Waals surface area contributed by atoms with Crippen LogP contribution in [0.4, 0.5) is 4.79 Å². The third kappa shape index (κ3) is 6.84. The van der Waals surface area contributed by atoms with Crippen LogP contribution in [0.3, 0.4) is 0 Å². The second-order valence-electron chi connectivity index (χ2n) is 5.00. The van der Waals surface area contributed by atoms with E-state index in [1.807, 2.05) is 6.92 Å². The van der Waals surface area contributed by atoms with Crippen molar-refractivity contribution in [1.29, 1.82) is 0 Å². The second kappa shape index (κ2) is 9.20. The van der Waals surface area contributed by atoms with Crippen LogP contribution in [0.2, 0.25) is 0 Å². The molecular formula is C14H26NO3. The quantitative estimate of drug-likeness (QED) is 0.492. The van der Waals surface area contributed by atoms with Gasteiger partial charge in [0.1, 0.15) is 6.10 Å². The number of nitrogens with zero attached hydrogens (tertiary/aromatic N) is 1. The first-order valence-electron chi connectivity index (χ1n) is 7.26. The molecule has 1 rings (SSSR count).